The first kappa shape index (κ1) is 20.5. The number of alkyl halides is 3. The lowest BCUT2D eigenvalue weighted by Crippen LogP contribution is -2.40. The molecule has 0 amide bonds. The first-order valence-corrected chi connectivity index (χ1v) is 14.8. The van der Waals surface area contributed by atoms with Crippen LogP contribution in [0.2, 0.25) is 26.2 Å². The average Bonchev–Trinajstić information content (AvgIpc) is 2.59. The van der Waals surface area contributed by atoms with E-state index in [9.17, 15) is 13.2 Å². The third-order valence-corrected chi connectivity index (χ3v) is 10.3. The molecule has 0 spiro atoms. The van der Waals surface area contributed by atoms with Crippen LogP contribution >= 0.6 is 0 Å². The van der Waals surface area contributed by atoms with E-state index in [0.29, 0.717) is 0 Å². The van der Waals surface area contributed by atoms with Crippen molar-refractivity contribution in [1.82, 2.24) is 0 Å². The molecule has 0 unspecified atom stereocenters. The maximum atomic E-state index is 12.7. The number of rotatable bonds is 5. The predicted molar refractivity (Wildman–Crippen MR) is 110 cm³/mol. The molecule has 0 aliphatic rings. The highest BCUT2D eigenvalue weighted by Gasteiger charge is 2.31. The Labute approximate surface area is 156 Å². The van der Waals surface area contributed by atoms with Gasteiger partial charge >= 0.3 is 6.18 Å². The molecule has 0 saturated heterocycles. The van der Waals surface area contributed by atoms with Gasteiger partial charge in [-0.3, -0.25) is 0 Å². The zero-order valence-electron chi connectivity index (χ0n) is 15.6. The lowest BCUT2D eigenvalue weighted by molar-refractivity contribution is -0.137. The van der Waals surface area contributed by atoms with Crippen molar-refractivity contribution in [2.24, 2.45) is 0 Å². The van der Waals surface area contributed by atoms with Crippen LogP contribution < -0.4 is 10.4 Å². The molecule has 0 fully saturated rings. The van der Waals surface area contributed by atoms with Crippen LogP contribution in [-0.2, 0) is 6.18 Å². The number of hydrogen-bond donors (Lipinski definition) is 0. The van der Waals surface area contributed by atoms with Crippen LogP contribution in [0.4, 0.5) is 13.2 Å². The van der Waals surface area contributed by atoms with Crippen LogP contribution in [-0.4, -0.2) is 16.1 Å². The minimum Gasteiger partial charge on any atom is -0.166 e. The fourth-order valence-corrected chi connectivity index (χ4v) is 6.39. The molecule has 0 bridgehead atoms. The van der Waals surface area contributed by atoms with Crippen molar-refractivity contribution in [3.8, 4) is 0 Å². The molecule has 0 N–H and O–H groups in total. The van der Waals surface area contributed by atoms with Crippen LogP contribution in [0.3, 0.4) is 0 Å². The van der Waals surface area contributed by atoms with Crippen molar-refractivity contribution in [3.63, 3.8) is 0 Å². The summed E-state index contributed by atoms with van der Waals surface area (Å²) in [5.41, 5.74) is 3.86. The van der Waals surface area contributed by atoms with Gasteiger partial charge in [-0.2, -0.15) is 13.2 Å². The van der Waals surface area contributed by atoms with Crippen LogP contribution in [0, 0.1) is 0 Å². The van der Waals surface area contributed by atoms with Gasteiger partial charge in [-0.05, 0) is 0 Å². The second-order valence-electron chi connectivity index (χ2n) is 7.60. The molecule has 2 aromatic rings. The molecule has 0 radical (unpaired) electrons. The lowest BCUT2D eigenvalue weighted by Gasteiger charge is -2.19. The minimum atomic E-state index is -4.28. The summed E-state index contributed by atoms with van der Waals surface area (Å²) >= 11 is 0. The van der Waals surface area contributed by atoms with Crippen molar-refractivity contribution < 1.29 is 13.2 Å². The fourth-order valence-electron chi connectivity index (χ4n) is 2.74. The Morgan fingerprint density at radius 1 is 0.654 bits per heavy atom. The second-order valence-corrected chi connectivity index (χ2v) is 16.3. The average molecular weight is 391 g/mol. The molecule has 0 nitrogen and oxygen atoms in total. The van der Waals surface area contributed by atoms with E-state index in [1.165, 1.54) is 17.3 Å². The monoisotopic (exact) mass is 390 g/mol. The normalized spacial score (nSPS) is 13.7. The molecule has 0 aromatic heterocycles. The standard InChI is InChI=1S/C21H25F3Si2/c1-25(2,19-10-6-5-7-11-19)16-8-9-17-26(3,4)20-14-12-18(13-15-20)21(22,23)24/h5-17H,1-4H3/b16-8+,17-9-. The summed E-state index contributed by atoms with van der Waals surface area (Å²) in [4.78, 5) is 0. The van der Waals surface area contributed by atoms with Gasteiger partial charge in [0.25, 0.3) is 0 Å². The molecule has 2 rings (SSSR count). The Morgan fingerprint density at radius 3 is 1.50 bits per heavy atom. The summed E-state index contributed by atoms with van der Waals surface area (Å²) in [6.07, 6.45) is -0.129. The molecular weight excluding hydrogens is 365 g/mol. The molecule has 0 heterocycles. The Kier molecular flexibility index (Phi) is 6.14. The van der Waals surface area contributed by atoms with Crippen LogP contribution in [0.5, 0.6) is 0 Å². The van der Waals surface area contributed by atoms with E-state index in [1.54, 1.807) is 12.1 Å². The summed E-state index contributed by atoms with van der Waals surface area (Å²) in [5, 5.41) is 2.37. The summed E-state index contributed by atoms with van der Waals surface area (Å²) in [5.74, 6) is 0. The summed E-state index contributed by atoms with van der Waals surface area (Å²) in [6, 6.07) is 16.1. The highest BCUT2D eigenvalue weighted by molar-refractivity contribution is 6.94. The first-order chi connectivity index (χ1) is 12.0. The molecule has 138 valence electrons. The fraction of sp³-hybridized carbons (Fsp3) is 0.238. The smallest absolute Gasteiger partial charge is 0.166 e. The molecule has 0 saturated carbocycles. The topological polar surface area (TPSA) is 0 Å². The van der Waals surface area contributed by atoms with Gasteiger partial charge in [-0.25, -0.2) is 0 Å². The van der Waals surface area contributed by atoms with Crippen LogP contribution in [0.15, 0.2) is 78.1 Å². The molecular formula is C21H25F3Si2. The SMILES string of the molecule is C[Si](C)(/C=C\C=C\[Si](C)(C)c1ccccc1)c1ccc(C(F)(F)F)cc1. The number of benzene rings is 2. The Balaban J connectivity index is 2.11. The molecule has 26 heavy (non-hydrogen) atoms. The Hall–Kier alpha value is -1.86. The van der Waals surface area contributed by atoms with Gasteiger partial charge < -0.3 is 0 Å². The quantitative estimate of drug-likeness (QED) is 0.472. The van der Waals surface area contributed by atoms with E-state index >= 15 is 0 Å². The molecule has 0 aliphatic carbocycles. The third kappa shape index (κ3) is 5.32. The van der Waals surface area contributed by atoms with Crippen LogP contribution in [0.25, 0.3) is 0 Å². The maximum Gasteiger partial charge on any atom is 0.416 e. The van der Waals surface area contributed by atoms with E-state index in [2.05, 4.69) is 74.0 Å². The zero-order chi connectivity index (χ0) is 19.4. The molecule has 0 atom stereocenters. The lowest BCUT2D eigenvalue weighted by atomic mass is 10.2. The summed E-state index contributed by atoms with van der Waals surface area (Å²) in [7, 11) is -3.55. The summed E-state index contributed by atoms with van der Waals surface area (Å²) < 4.78 is 38.1. The van der Waals surface area contributed by atoms with Crippen molar-refractivity contribution >= 4 is 26.5 Å². The minimum absolute atomic E-state index is 0.592. The molecule has 5 heteroatoms. The zero-order valence-corrected chi connectivity index (χ0v) is 17.6. The predicted octanol–water partition coefficient (Wildman–Crippen LogP) is 5.43. The van der Waals surface area contributed by atoms with E-state index < -0.39 is 27.9 Å². The van der Waals surface area contributed by atoms with E-state index in [1.807, 2.05) is 6.07 Å². The Bertz CT molecular complexity index is 771. The van der Waals surface area contributed by atoms with Gasteiger partial charge in [0.05, 0.1) is 5.56 Å². The third-order valence-electron chi connectivity index (χ3n) is 4.61. The van der Waals surface area contributed by atoms with Gasteiger partial charge in [0.2, 0.25) is 0 Å². The van der Waals surface area contributed by atoms with E-state index in [-0.39, 0.29) is 0 Å². The second kappa shape index (κ2) is 7.80. The molecule has 2 aromatic carbocycles. The Morgan fingerprint density at radius 2 is 1.08 bits per heavy atom. The highest BCUT2D eigenvalue weighted by atomic mass is 28.3. The molecule has 0 aliphatic heterocycles. The van der Waals surface area contributed by atoms with Crippen molar-refractivity contribution in [1.29, 1.82) is 0 Å². The van der Waals surface area contributed by atoms with Crippen molar-refractivity contribution in [2.75, 3.05) is 0 Å². The number of allylic oxidation sites excluding steroid dienone is 2. The first-order valence-electron chi connectivity index (χ1n) is 8.63. The number of hydrogen-bond acceptors (Lipinski definition) is 0. The van der Waals surface area contributed by atoms with E-state index in [0.717, 1.165) is 5.19 Å². The van der Waals surface area contributed by atoms with Gasteiger partial charge in [0.1, 0.15) is 16.1 Å². The van der Waals surface area contributed by atoms with Crippen LogP contribution in [0.1, 0.15) is 5.56 Å². The van der Waals surface area contributed by atoms with Crippen molar-refractivity contribution in [2.45, 2.75) is 32.4 Å². The van der Waals surface area contributed by atoms with Gasteiger partial charge in [0, 0.05) is 0 Å². The van der Waals surface area contributed by atoms with Gasteiger partial charge in [-0.1, -0.05) is 115 Å². The van der Waals surface area contributed by atoms with E-state index in [4.69, 9.17) is 0 Å². The maximum absolute atomic E-state index is 12.7. The van der Waals surface area contributed by atoms with Gasteiger partial charge in [0.15, 0.2) is 0 Å². The van der Waals surface area contributed by atoms with Crippen molar-refractivity contribution in [3.05, 3.63) is 83.7 Å². The van der Waals surface area contributed by atoms with Gasteiger partial charge in [-0.15, -0.1) is 0 Å². The highest BCUT2D eigenvalue weighted by Crippen LogP contribution is 2.28. The number of halogens is 3. The largest absolute Gasteiger partial charge is 0.416 e. The summed E-state index contributed by atoms with van der Waals surface area (Å²) in [6.45, 7) is 8.87.